The Kier molecular flexibility index (Phi) is 14.7. The molecule has 33 heavy (non-hydrogen) atoms. The Balaban J connectivity index is 0.000000620. The average Bonchev–Trinajstić information content (AvgIpc) is 3.31. The standard InChI is InChI=1S/C13H25N3O2.C11H18NO2.W/c1-8(2)11(17)7-10-9(5-6-15-10)16-12(18)13(3,4)14;1-8(2)11(14)7-10-9(4-6-13)3-5-12-10;/h8-10,15H,5-7,14H2,1-4H3,(H,16,18);8-10,12H,3-5,7H2,1-2H3;/q;-1;/t9-,10?;9-,10-;/m01./s1. The van der Waals surface area contributed by atoms with Crippen molar-refractivity contribution in [2.24, 2.45) is 23.5 Å². The van der Waals surface area contributed by atoms with Crippen molar-refractivity contribution in [2.45, 2.75) is 97.3 Å². The summed E-state index contributed by atoms with van der Waals surface area (Å²) in [6.07, 6.45) is 5.26. The summed E-state index contributed by atoms with van der Waals surface area (Å²) < 4.78 is 0. The van der Waals surface area contributed by atoms with Gasteiger partial charge in [-0.1, -0.05) is 27.7 Å². The molecular weight excluding hydrogens is 592 g/mol. The minimum Gasteiger partial charge on any atom is -0.542 e. The Labute approximate surface area is 213 Å². The van der Waals surface area contributed by atoms with Gasteiger partial charge in [-0.3, -0.25) is 20.7 Å². The molecule has 2 fully saturated rings. The van der Waals surface area contributed by atoms with E-state index in [4.69, 9.17) is 5.73 Å². The van der Waals surface area contributed by atoms with E-state index >= 15 is 0 Å². The number of amides is 1. The van der Waals surface area contributed by atoms with Crippen molar-refractivity contribution in [3.05, 3.63) is 0 Å². The molecule has 9 heteroatoms. The van der Waals surface area contributed by atoms with Gasteiger partial charge in [0.25, 0.3) is 0 Å². The van der Waals surface area contributed by atoms with Crippen molar-refractivity contribution >= 4 is 23.8 Å². The van der Waals surface area contributed by atoms with Crippen LogP contribution in [0.5, 0.6) is 0 Å². The molecule has 2 rings (SSSR count). The van der Waals surface area contributed by atoms with E-state index in [1.165, 1.54) is 0 Å². The van der Waals surface area contributed by atoms with E-state index in [-0.39, 0.29) is 68.5 Å². The number of ketones is 2. The quantitative estimate of drug-likeness (QED) is 0.266. The fourth-order valence-corrected chi connectivity index (χ4v) is 3.83. The van der Waals surface area contributed by atoms with Gasteiger partial charge in [0.05, 0.1) is 5.54 Å². The third kappa shape index (κ3) is 11.3. The Morgan fingerprint density at radius 1 is 0.970 bits per heavy atom. The Morgan fingerprint density at radius 2 is 1.45 bits per heavy atom. The smallest absolute Gasteiger partial charge is 0.239 e. The van der Waals surface area contributed by atoms with Crippen molar-refractivity contribution in [2.75, 3.05) is 13.1 Å². The molecule has 5 N–H and O–H groups in total. The van der Waals surface area contributed by atoms with E-state index in [0.717, 1.165) is 25.9 Å². The third-order valence-corrected chi connectivity index (χ3v) is 6.22. The zero-order valence-electron chi connectivity index (χ0n) is 21.0. The summed E-state index contributed by atoms with van der Waals surface area (Å²) in [5, 5.41) is 9.48. The van der Waals surface area contributed by atoms with Gasteiger partial charge in [-0.2, -0.15) is 0 Å². The van der Waals surface area contributed by atoms with E-state index in [9.17, 15) is 19.2 Å². The van der Waals surface area contributed by atoms with Crippen LogP contribution in [0.25, 0.3) is 0 Å². The third-order valence-electron chi connectivity index (χ3n) is 6.22. The second-order valence-electron chi connectivity index (χ2n) is 10.3. The summed E-state index contributed by atoms with van der Waals surface area (Å²) in [5.74, 6) is 0.780. The molecule has 0 spiro atoms. The molecule has 1 amide bonds. The number of carbonyl (C=O) groups is 3. The van der Waals surface area contributed by atoms with E-state index in [2.05, 4.69) is 16.0 Å². The van der Waals surface area contributed by atoms with Gasteiger partial charge in [0.2, 0.25) is 5.91 Å². The van der Waals surface area contributed by atoms with E-state index < -0.39 is 5.54 Å². The molecule has 8 nitrogen and oxygen atoms in total. The summed E-state index contributed by atoms with van der Waals surface area (Å²) >= 11 is 0. The molecule has 0 bridgehead atoms. The molecule has 2 aliphatic heterocycles. The Hall–Kier alpha value is -0.952. The van der Waals surface area contributed by atoms with E-state index in [1.807, 2.05) is 34.0 Å². The predicted molar refractivity (Wildman–Crippen MR) is 126 cm³/mol. The number of hydrogen-bond donors (Lipinski definition) is 4. The summed E-state index contributed by atoms with van der Waals surface area (Å²) in [6.45, 7) is 12.7. The Morgan fingerprint density at radius 3 is 1.94 bits per heavy atom. The summed E-state index contributed by atoms with van der Waals surface area (Å²) in [5.41, 5.74) is 4.87. The maximum absolute atomic E-state index is 11.8. The molecule has 0 radical (unpaired) electrons. The summed E-state index contributed by atoms with van der Waals surface area (Å²) in [4.78, 5) is 45.4. The van der Waals surface area contributed by atoms with Crippen molar-refractivity contribution in [3.63, 3.8) is 0 Å². The number of rotatable bonds is 10. The first kappa shape index (κ1) is 32.0. The van der Waals surface area contributed by atoms with Gasteiger partial charge < -0.3 is 26.5 Å². The van der Waals surface area contributed by atoms with Crippen molar-refractivity contribution in [1.82, 2.24) is 16.0 Å². The van der Waals surface area contributed by atoms with Crippen LogP contribution in [0.15, 0.2) is 0 Å². The first-order valence-corrected chi connectivity index (χ1v) is 11.8. The zero-order valence-corrected chi connectivity index (χ0v) is 24.0. The van der Waals surface area contributed by atoms with Gasteiger partial charge in [0.1, 0.15) is 11.6 Å². The SMILES string of the molecule is CC(C)C(=O)CC1NCC[C@@H]1NC(=O)C(C)(C)N.CC(C)C(=O)C[C@H]1NCC[C@@H]1C[C-]=O.[W]. The van der Waals surface area contributed by atoms with Crippen LogP contribution in [0.3, 0.4) is 0 Å². The normalized spacial score (nSPS) is 24.6. The van der Waals surface area contributed by atoms with Gasteiger partial charge in [-0.15, -0.1) is 6.42 Å². The molecule has 0 aromatic carbocycles. The fraction of sp³-hybridized carbons (Fsp3) is 0.833. The molecule has 0 aromatic heterocycles. The maximum atomic E-state index is 11.8. The minimum atomic E-state index is -0.880. The monoisotopic (exact) mass is 635 g/mol. The van der Waals surface area contributed by atoms with Crippen LogP contribution in [0, 0.1) is 17.8 Å². The molecule has 190 valence electrons. The molecule has 0 aromatic rings. The largest absolute Gasteiger partial charge is 0.542 e. The maximum Gasteiger partial charge on any atom is 0.239 e. The van der Waals surface area contributed by atoms with Gasteiger partial charge in [-0.25, -0.2) is 0 Å². The minimum absolute atomic E-state index is 0. The number of hydrogen-bond acceptors (Lipinski definition) is 7. The second-order valence-corrected chi connectivity index (χ2v) is 10.3. The second kappa shape index (κ2) is 15.1. The van der Waals surface area contributed by atoms with Gasteiger partial charge in [0.15, 0.2) is 0 Å². The van der Waals surface area contributed by atoms with Crippen LogP contribution < -0.4 is 21.7 Å². The summed E-state index contributed by atoms with van der Waals surface area (Å²) in [6, 6.07) is 0.237. The van der Waals surface area contributed by atoms with Crippen molar-refractivity contribution in [3.8, 4) is 0 Å². The number of nitrogens with one attached hydrogen (secondary N) is 3. The molecule has 2 heterocycles. The number of nitrogens with two attached hydrogens (primary N) is 1. The Bertz CT molecular complexity index is 649. The first-order valence-electron chi connectivity index (χ1n) is 11.8. The van der Waals surface area contributed by atoms with Crippen LogP contribution in [-0.2, 0) is 40.2 Å². The van der Waals surface area contributed by atoms with Gasteiger partial charge in [0, 0.05) is 63.9 Å². The van der Waals surface area contributed by atoms with Crippen LogP contribution in [0.4, 0.5) is 0 Å². The van der Waals surface area contributed by atoms with E-state index in [0.29, 0.717) is 25.2 Å². The van der Waals surface area contributed by atoms with Gasteiger partial charge in [-0.05, 0) is 45.7 Å². The van der Waals surface area contributed by atoms with Gasteiger partial charge >= 0.3 is 0 Å². The molecule has 0 aliphatic carbocycles. The van der Waals surface area contributed by atoms with Crippen LogP contribution in [0.2, 0.25) is 0 Å². The first-order chi connectivity index (χ1) is 14.9. The van der Waals surface area contributed by atoms with Crippen molar-refractivity contribution in [1.29, 1.82) is 0 Å². The van der Waals surface area contributed by atoms with Crippen LogP contribution >= 0.6 is 0 Å². The topological polar surface area (TPSA) is 130 Å². The molecule has 0 saturated carbocycles. The number of Topliss-reactive ketones (excluding diaryl/α,β-unsaturated/α-hetero) is 2. The predicted octanol–water partition coefficient (Wildman–Crippen LogP) is 1.26. The molecule has 4 atom stereocenters. The average molecular weight is 635 g/mol. The molecule has 1 unspecified atom stereocenters. The van der Waals surface area contributed by atoms with Crippen LogP contribution in [-0.4, -0.2) is 60.5 Å². The fourth-order valence-electron chi connectivity index (χ4n) is 3.83. The zero-order chi connectivity index (χ0) is 24.5. The molecule has 2 aliphatic rings. The molecular formula is C24H43N4O4W-. The van der Waals surface area contributed by atoms with E-state index in [1.54, 1.807) is 13.8 Å². The van der Waals surface area contributed by atoms with Crippen LogP contribution in [0.1, 0.15) is 73.6 Å². The number of carbonyl (C=O) groups excluding carboxylic acids is 4. The van der Waals surface area contributed by atoms with Crippen molar-refractivity contribution < 1.29 is 40.2 Å². The molecule has 2 saturated heterocycles. The summed E-state index contributed by atoms with van der Waals surface area (Å²) in [7, 11) is 0.